The molecular formula is C25H28ClN5O3. The number of benzene rings is 2. The molecule has 1 aliphatic rings. The van der Waals surface area contributed by atoms with E-state index in [9.17, 15) is 14.7 Å². The zero-order valence-corrected chi connectivity index (χ0v) is 20.0. The Balaban J connectivity index is 0.00000274. The number of pyridine rings is 1. The summed E-state index contributed by atoms with van der Waals surface area (Å²) in [6, 6.07) is 12.9. The monoisotopic (exact) mass is 481 g/mol. The summed E-state index contributed by atoms with van der Waals surface area (Å²) in [5.74, 6) is -0.311. The van der Waals surface area contributed by atoms with Crippen LogP contribution in [0.4, 0.5) is 5.95 Å². The average Bonchev–Trinajstić information content (AvgIpc) is 3.18. The highest BCUT2D eigenvalue weighted by molar-refractivity contribution is 6.06. The molecule has 0 bridgehead atoms. The van der Waals surface area contributed by atoms with E-state index in [1.807, 2.05) is 16.7 Å². The summed E-state index contributed by atoms with van der Waals surface area (Å²) in [5.41, 5.74) is 10.2. The zero-order valence-electron chi connectivity index (χ0n) is 19.2. The number of piperidine rings is 1. The minimum absolute atomic E-state index is 0. The van der Waals surface area contributed by atoms with Crippen molar-refractivity contribution >= 4 is 46.3 Å². The third-order valence-electron chi connectivity index (χ3n) is 6.65. The van der Waals surface area contributed by atoms with E-state index in [1.54, 1.807) is 23.7 Å². The molecule has 0 aliphatic carbocycles. The van der Waals surface area contributed by atoms with Gasteiger partial charge in [0.15, 0.2) is 0 Å². The Kier molecular flexibility index (Phi) is 6.38. The molecule has 34 heavy (non-hydrogen) atoms. The van der Waals surface area contributed by atoms with E-state index in [-0.39, 0.29) is 29.6 Å². The first-order valence-electron chi connectivity index (χ1n) is 11.2. The van der Waals surface area contributed by atoms with Crippen molar-refractivity contribution in [2.45, 2.75) is 32.4 Å². The van der Waals surface area contributed by atoms with Gasteiger partial charge in [0.1, 0.15) is 11.0 Å². The minimum Gasteiger partial charge on any atom is -0.478 e. The first-order chi connectivity index (χ1) is 15.8. The lowest BCUT2D eigenvalue weighted by atomic mass is 10.1. The van der Waals surface area contributed by atoms with Crippen LogP contribution in [0.3, 0.4) is 0 Å². The number of aryl methyl sites for hydroxylation is 2. The van der Waals surface area contributed by atoms with Crippen LogP contribution in [0.5, 0.6) is 0 Å². The molecule has 0 unspecified atom stereocenters. The molecule has 2 aromatic carbocycles. The summed E-state index contributed by atoms with van der Waals surface area (Å²) in [6.07, 6.45) is 1.91. The molecule has 9 heteroatoms. The molecule has 1 aliphatic heterocycles. The molecule has 0 amide bonds. The van der Waals surface area contributed by atoms with Crippen molar-refractivity contribution < 1.29 is 9.90 Å². The van der Waals surface area contributed by atoms with Crippen LogP contribution in [-0.2, 0) is 13.6 Å². The number of carboxylic acid groups (broad SMARTS) is 1. The van der Waals surface area contributed by atoms with Gasteiger partial charge in [0.2, 0.25) is 5.95 Å². The number of aromatic carboxylic acids is 1. The lowest BCUT2D eigenvalue weighted by molar-refractivity contribution is 0.0697. The number of halogens is 1. The predicted molar refractivity (Wildman–Crippen MR) is 136 cm³/mol. The van der Waals surface area contributed by atoms with Crippen LogP contribution in [0.25, 0.3) is 21.9 Å². The largest absolute Gasteiger partial charge is 0.478 e. The number of nitrogens with zero attached hydrogens (tertiary/aromatic N) is 4. The fraction of sp³-hybridized carbons (Fsp3) is 0.320. The number of hydrogen-bond donors (Lipinski definition) is 2. The molecule has 1 atom stereocenters. The second kappa shape index (κ2) is 9.12. The maximum absolute atomic E-state index is 13.6. The van der Waals surface area contributed by atoms with E-state index in [2.05, 4.69) is 24.0 Å². The number of anilines is 1. The second-order valence-electron chi connectivity index (χ2n) is 8.87. The summed E-state index contributed by atoms with van der Waals surface area (Å²) in [7, 11) is 1.71. The summed E-state index contributed by atoms with van der Waals surface area (Å²) in [4.78, 5) is 32.3. The minimum atomic E-state index is -1.01. The van der Waals surface area contributed by atoms with Crippen LogP contribution < -0.4 is 16.2 Å². The quantitative estimate of drug-likeness (QED) is 0.463. The smallest absolute Gasteiger partial charge is 0.335 e. The number of aromatic nitrogens is 3. The van der Waals surface area contributed by atoms with Gasteiger partial charge in [-0.2, -0.15) is 0 Å². The van der Waals surface area contributed by atoms with Crippen LogP contribution in [0.1, 0.15) is 34.3 Å². The highest BCUT2D eigenvalue weighted by Gasteiger charge is 2.26. The van der Waals surface area contributed by atoms with Crippen molar-refractivity contribution in [1.29, 1.82) is 0 Å². The Morgan fingerprint density at radius 1 is 1.24 bits per heavy atom. The van der Waals surface area contributed by atoms with Gasteiger partial charge in [-0.05, 0) is 49.1 Å². The molecule has 0 radical (unpaired) electrons. The van der Waals surface area contributed by atoms with Crippen LogP contribution in [-0.4, -0.2) is 44.3 Å². The van der Waals surface area contributed by atoms with Crippen molar-refractivity contribution in [3.05, 3.63) is 69.5 Å². The number of carboxylic acids is 1. The van der Waals surface area contributed by atoms with Crippen LogP contribution in [0, 0.1) is 6.92 Å². The lowest BCUT2D eigenvalue weighted by Crippen LogP contribution is -2.44. The maximum Gasteiger partial charge on any atom is 0.335 e. The van der Waals surface area contributed by atoms with Crippen LogP contribution in [0.2, 0.25) is 0 Å². The summed E-state index contributed by atoms with van der Waals surface area (Å²) < 4.78 is 3.55. The van der Waals surface area contributed by atoms with Gasteiger partial charge < -0.3 is 24.9 Å². The fourth-order valence-electron chi connectivity index (χ4n) is 4.81. The summed E-state index contributed by atoms with van der Waals surface area (Å²) in [6.45, 7) is 4.01. The predicted octanol–water partition coefficient (Wildman–Crippen LogP) is 3.29. The van der Waals surface area contributed by atoms with Gasteiger partial charge in [0.05, 0.1) is 17.6 Å². The Bertz CT molecular complexity index is 1460. The lowest BCUT2D eigenvalue weighted by Gasteiger charge is -2.32. The van der Waals surface area contributed by atoms with Crippen LogP contribution >= 0.6 is 12.4 Å². The Morgan fingerprint density at radius 3 is 2.71 bits per heavy atom. The number of hydrogen-bond acceptors (Lipinski definition) is 5. The van der Waals surface area contributed by atoms with Gasteiger partial charge in [-0.15, -0.1) is 12.4 Å². The molecule has 4 aromatic rings. The number of fused-ring (bicyclic) bond motifs is 3. The highest BCUT2D eigenvalue weighted by Crippen LogP contribution is 2.30. The summed E-state index contributed by atoms with van der Waals surface area (Å²) in [5, 5.41) is 10.2. The van der Waals surface area contributed by atoms with Gasteiger partial charge in [0.25, 0.3) is 5.56 Å². The van der Waals surface area contributed by atoms with Crippen molar-refractivity contribution in [3.63, 3.8) is 0 Å². The molecule has 1 saturated heterocycles. The van der Waals surface area contributed by atoms with E-state index >= 15 is 0 Å². The molecule has 178 valence electrons. The van der Waals surface area contributed by atoms with Crippen molar-refractivity contribution in [2.24, 2.45) is 12.8 Å². The Morgan fingerprint density at radius 2 is 2.00 bits per heavy atom. The SMILES string of the molecule is Cc1ccccc1Cn1c(N2CCC[C@@H](N)C2)nc2c3cc(C(=O)O)ccc3n(C)c(=O)c21.Cl. The molecule has 0 saturated carbocycles. The number of nitrogens with two attached hydrogens (primary N) is 1. The third kappa shape index (κ3) is 3.93. The zero-order chi connectivity index (χ0) is 23.3. The molecular weight excluding hydrogens is 454 g/mol. The average molecular weight is 482 g/mol. The Labute approximate surface area is 203 Å². The van der Waals surface area contributed by atoms with E-state index < -0.39 is 5.97 Å². The summed E-state index contributed by atoms with van der Waals surface area (Å²) >= 11 is 0. The van der Waals surface area contributed by atoms with Crippen molar-refractivity contribution in [3.8, 4) is 0 Å². The fourth-order valence-corrected chi connectivity index (χ4v) is 4.81. The first-order valence-corrected chi connectivity index (χ1v) is 11.2. The topological polar surface area (TPSA) is 106 Å². The van der Waals surface area contributed by atoms with E-state index in [0.29, 0.717) is 41.0 Å². The molecule has 1 fully saturated rings. The van der Waals surface area contributed by atoms with Gasteiger partial charge in [-0.3, -0.25) is 4.79 Å². The van der Waals surface area contributed by atoms with Gasteiger partial charge >= 0.3 is 5.97 Å². The number of carbonyl (C=O) groups is 1. The van der Waals surface area contributed by atoms with Gasteiger partial charge in [0, 0.05) is 31.6 Å². The number of imidazole rings is 1. The first kappa shape index (κ1) is 23.8. The molecule has 0 spiro atoms. The molecule has 3 heterocycles. The molecule has 8 nitrogen and oxygen atoms in total. The van der Waals surface area contributed by atoms with Crippen molar-refractivity contribution in [2.75, 3.05) is 18.0 Å². The second-order valence-corrected chi connectivity index (χ2v) is 8.87. The third-order valence-corrected chi connectivity index (χ3v) is 6.65. The standard InChI is InChI=1S/C25H27N5O3.ClH/c1-15-6-3-4-7-17(15)13-30-22-21(27-25(30)29-11-5-8-18(26)14-29)19-12-16(24(32)33)9-10-20(19)28(2)23(22)31;/h3-4,6-7,9-10,12,18H,5,8,11,13-14,26H2,1-2H3,(H,32,33);1H/t18-;/m1./s1. The van der Waals surface area contributed by atoms with E-state index in [4.69, 9.17) is 10.7 Å². The molecule has 5 rings (SSSR count). The van der Waals surface area contributed by atoms with Gasteiger partial charge in [-0.1, -0.05) is 24.3 Å². The van der Waals surface area contributed by atoms with E-state index in [1.165, 1.54) is 6.07 Å². The maximum atomic E-state index is 13.6. The normalized spacial score (nSPS) is 16.1. The number of rotatable bonds is 4. The van der Waals surface area contributed by atoms with Crippen LogP contribution in [0.15, 0.2) is 47.3 Å². The highest BCUT2D eigenvalue weighted by atomic mass is 35.5. The van der Waals surface area contributed by atoms with Gasteiger partial charge in [-0.25, -0.2) is 9.78 Å². The Hall–Kier alpha value is -3.36. The van der Waals surface area contributed by atoms with Crippen molar-refractivity contribution in [1.82, 2.24) is 14.1 Å². The molecule has 3 N–H and O–H groups in total. The van der Waals surface area contributed by atoms with E-state index in [0.717, 1.165) is 30.5 Å². The molecule has 2 aromatic heterocycles.